The third kappa shape index (κ3) is 10.9. The van der Waals surface area contributed by atoms with Crippen LogP contribution >= 0.6 is 12.0 Å². The molecule has 0 spiro atoms. The molecule has 0 aromatic heterocycles. The van der Waals surface area contributed by atoms with E-state index >= 15 is 0 Å². The number of benzene rings is 2. The summed E-state index contributed by atoms with van der Waals surface area (Å²) in [4.78, 5) is 18.8. The molecule has 0 saturated heterocycles. The lowest BCUT2D eigenvalue weighted by molar-refractivity contribution is -0.815. The number of aryl methyl sites for hydroxylation is 1. The molecule has 65 heavy (non-hydrogen) atoms. The second-order valence-corrected chi connectivity index (χ2v) is 23.9. The van der Waals surface area contributed by atoms with E-state index in [0.717, 1.165) is 83.0 Å². The van der Waals surface area contributed by atoms with E-state index in [1.165, 1.54) is 22.5 Å². The molecule has 3 N–H and O–H groups in total. The number of carbonyl (C=O) groups excluding carboxylic acids is 1. The zero-order valence-electron chi connectivity index (χ0n) is 41.5. The van der Waals surface area contributed by atoms with Crippen LogP contribution in [0.5, 0.6) is 0 Å². The molecule has 0 radical (unpaired) electrons. The van der Waals surface area contributed by atoms with Gasteiger partial charge in [0, 0.05) is 59.4 Å². The lowest BCUT2D eigenvalue weighted by Crippen LogP contribution is -2.66. The van der Waals surface area contributed by atoms with Crippen LogP contribution in [-0.2, 0) is 34.8 Å². The molecule has 1 amide bonds. The van der Waals surface area contributed by atoms with Crippen molar-refractivity contribution >= 4 is 45.0 Å². The largest absolute Gasteiger partial charge is 0.443 e. The molecule has 0 unspecified atom stereocenters. The average molecular weight is 939 g/mol. The van der Waals surface area contributed by atoms with Gasteiger partial charge in [-0.05, 0) is 129 Å². The first-order valence-corrected chi connectivity index (χ1v) is 26.3. The molecule has 2 aliphatic heterocycles. The molecule has 5 rings (SSSR count). The highest BCUT2D eigenvalue weighted by Crippen LogP contribution is 2.49. The van der Waals surface area contributed by atoms with Crippen LogP contribution in [0.15, 0.2) is 88.1 Å². The lowest BCUT2D eigenvalue weighted by atomic mass is 9.81. The van der Waals surface area contributed by atoms with Crippen molar-refractivity contribution in [1.29, 1.82) is 0 Å². The number of carbonyl (C=O) groups is 1. The van der Waals surface area contributed by atoms with E-state index in [2.05, 4.69) is 98.6 Å². The normalized spacial score (nSPS) is 19.1. The third-order valence-electron chi connectivity index (χ3n) is 13.9. The van der Waals surface area contributed by atoms with Crippen LogP contribution in [0.4, 0.5) is 16.2 Å². The van der Waals surface area contributed by atoms with Gasteiger partial charge in [0.2, 0.25) is 15.5 Å². The molecule has 2 heterocycles. The van der Waals surface area contributed by atoms with Crippen LogP contribution in [0.25, 0.3) is 0 Å². The predicted octanol–water partition coefficient (Wildman–Crippen LogP) is 12.4. The molecule has 1 aliphatic carbocycles. The molecule has 12 nitrogen and oxygen atoms in total. The molecular formula is C51H78N4O8S2+2. The molecule has 2 aromatic carbocycles. The Hall–Kier alpha value is -3.60. The van der Waals surface area contributed by atoms with Crippen LogP contribution in [0.2, 0.25) is 0 Å². The number of amides is 1. The van der Waals surface area contributed by atoms with Gasteiger partial charge in [-0.25, -0.2) is 13.9 Å². The maximum Gasteiger partial charge on any atom is 0.414 e. The van der Waals surface area contributed by atoms with Gasteiger partial charge in [-0.15, -0.1) is 4.33 Å². The van der Waals surface area contributed by atoms with Crippen LogP contribution in [0.3, 0.4) is 0 Å². The van der Waals surface area contributed by atoms with E-state index in [0.29, 0.717) is 45.4 Å². The quantitative estimate of drug-likeness (QED) is 0.0294. The summed E-state index contributed by atoms with van der Waals surface area (Å²) in [5.41, 5.74) is 9.56. The maximum atomic E-state index is 13.9. The van der Waals surface area contributed by atoms with Crippen molar-refractivity contribution in [1.82, 2.24) is 4.90 Å². The van der Waals surface area contributed by atoms with E-state index in [9.17, 15) is 18.1 Å². The Morgan fingerprint density at radius 3 is 2.25 bits per heavy atom. The molecule has 0 saturated carbocycles. The van der Waals surface area contributed by atoms with Gasteiger partial charge in [0.25, 0.3) is 0 Å². The highest BCUT2D eigenvalue weighted by atomic mass is 32.3. The fourth-order valence-corrected chi connectivity index (χ4v) is 13.1. The molecule has 2 aromatic rings. The molecular weight excluding hydrogens is 861 g/mol. The van der Waals surface area contributed by atoms with Crippen molar-refractivity contribution in [3.8, 4) is 0 Å². The summed E-state index contributed by atoms with van der Waals surface area (Å²) in [5.74, 6) is -0.214. The van der Waals surface area contributed by atoms with Crippen molar-refractivity contribution < 1.29 is 45.9 Å². The summed E-state index contributed by atoms with van der Waals surface area (Å²) >= 11 is 0.904. The van der Waals surface area contributed by atoms with Gasteiger partial charge >= 0.3 is 6.09 Å². The van der Waals surface area contributed by atoms with Gasteiger partial charge in [-0.1, -0.05) is 68.5 Å². The Bertz CT molecular complexity index is 2300. The number of likely N-dealkylation sites (N-methyl/N-ethyl adjacent to an activating group) is 1. The Morgan fingerprint density at radius 1 is 0.923 bits per heavy atom. The van der Waals surface area contributed by atoms with E-state index in [1.807, 2.05) is 59.7 Å². The van der Waals surface area contributed by atoms with Gasteiger partial charge in [0.1, 0.15) is 12.1 Å². The van der Waals surface area contributed by atoms with E-state index in [4.69, 9.17) is 14.3 Å². The van der Waals surface area contributed by atoms with Crippen molar-refractivity contribution in [2.45, 2.75) is 149 Å². The van der Waals surface area contributed by atoms with E-state index in [-0.39, 0.29) is 15.1 Å². The first-order valence-electron chi connectivity index (χ1n) is 23.5. The number of unbranched alkanes of at least 4 members (excludes halogenated alkanes) is 3. The molecule has 0 bridgehead atoms. The minimum Gasteiger partial charge on any atom is -0.443 e. The van der Waals surface area contributed by atoms with E-state index in [1.54, 1.807) is 11.9 Å². The second kappa shape index (κ2) is 20.3. The lowest BCUT2D eigenvalue weighted by Gasteiger charge is -2.50. The summed E-state index contributed by atoms with van der Waals surface area (Å²) in [5, 5.41) is 12.8. The first kappa shape index (κ1) is 52.4. The Kier molecular flexibility index (Phi) is 16.4. The third-order valence-corrected chi connectivity index (χ3v) is 17.8. The van der Waals surface area contributed by atoms with Gasteiger partial charge < -0.3 is 9.64 Å². The topological polar surface area (TPSA) is 132 Å². The Balaban J connectivity index is 1.60. The molecule has 3 aliphatic rings. The van der Waals surface area contributed by atoms with Crippen LogP contribution in [-0.4, -0.2) is 94.9 Å². The van der Waals surface area contributed by atoms with Gasteiger partial charge in [-0.2, -0.15) is 8.78 Å². The number of ether oxygens (including phenoxy) is 1. The summed E-state index contributed by atoms with van der Waals surface area (Å²) < 4.78 is 49.4. The van der Waals surface area contributed by atoms with Gasteiger partial charge in [0.15, 0.2) is 5.71 Å². The monoisotopic (exact) mass is 939 g/mol. The summed E-state index contributed by atoms with van der Waals surface area (Å²) in [6, 6.07) is 12.7. The SMILES string of the molecule is CCCCCN1/C(=C/C=C2CCC(/C=C/C3=[N+](CCCCS(=O)(O)(O)[N+](CC)(CC)CC)c4ccc(SOOO)cc4C3(C)C)=C2N(C)C(=O)OC(C)(C)C)C(C)(C)c2cc(C)ccc21. The number of quaternary nitrogens is 1. The van der Waals surface area contributed by atoms with E-state index < -0.39 is 26.9 Å². The summed E-state index contributed by atoms with van der Waals surface area (Å²) in [7, 11) is -3.20. The highest BCUT2D eigenvalue weighted by Gasteiger charge is 2.50. The smallest absolute Gasteiger partial charge is 0.414 e. The minimum atomic E-state index is -4.99. The summed E-state index contributed by atoms with van der Waals surface area (Å²) in [6.07, 6.45) is 14.1. The Labute approximate surface area is 393 Å². The number of fused-ring (bicyclic) bond motifs is 2. The van der Waals surface area contributed by atoms with Crippen molar-refractivity contribution in [2.75, 3.05) is 50.4 Å². The van der Waals surface area contributed by atoms with Crippen LogP contribution in [0, 0.1) is 6.92 Å². The zero-order chi connectivity index (χ0) is 48.2. The fraction of sp³-hybridized carbons (Fsp3) is 0.569. The van der Waals surface area contributed by atoms with Crippen LogP contribution < -0.4 is 4.90 Å². The molecule has 0 fully saturated rings. The minimum absolute atomic E-state index is 0.214. The highest BCUT2D eigenvalue weighted by molar-refractivity contribution is 8.05. The number of rotatable bonds is 20. The number of allylic oxidation sites excluding steroid dienone is 7. The Morgan fingerprint density at radius 2 is 1.62 bits per heavy atom. The predicted molar refractivity (Wildman–Crippen MR) is 266 cm³/mol. The second-order valence-electron chi connectivity index (χ2n) is 20.0. The number of anilines is 1. The van der Waals surface area contributed by atoms with Gasteiger partial charge in [0.05, 0.1) is 48.5 Å². The average Bonchev–Trinajstić information content (AvgIpc) is 3.80. The zero-order valence-corrected chi connectivity index (χ0v) is 43.1. The maximum absolute atomic E-state index is 13.9. The molecule has 0 atom stereocenters. The number of hydrogen-bond donors (Lipinski definition) is 3. The summed E-state index contributed by atoms with van der Waals surface area (Å²) in [6.45, 7) is 27.0. The molecule has 14 heteroatoms. The van der Waals surface area contributed by atoms with Crippen LogP contribution in [0.1, 0.15) is 138 Å². The number of hydrogen-bond acceptors (Lipinski definition) is 8. The first-order chi connectivity index (χ1) is 30.4. The molecule has 360 valence electrons. The van der Waals surface area contributed by atoms with Crippen molar-refractivity contribution in [3.05, 3.63) is 99.9 Å². The number of nitrogens with zero attached hydrogens (tertiary/aromatic N) is 4. The van der Waals surface area contributed by atoms with Gasteiger partial charge in [-0.3, -0.25) is 14.0 Å². The standard InChI is InChI=1S/C51H76N4O8S2/c1-14-18-19-32-53-43-28-22-37(5)35-41(43)50(9,10)45(53)30-25-38-23-24-39(47(38)52(13)48(56)61-49(6,7)8)26-31-46-51(11,12)42-36-40(64-63-62-57)27-29-44(42)54(46)33-20-21-34-65(58,59,60)55(15-2,16-3)17-4/h22,25-31,35-36H,14-21,23-24,32-34H2,1-13H3,(H-2,57,58,59,60)/p+2. The van der Waals surface area contributed by atoms with Crippen molar-refractivity contribution in [3.63, 3.8) is 0 Å². The van der Waals surface area contributed by atoms with Crippen molar-refractivity contribution in [2.24, 2.45) is 0 Å². The fourth-order valence-electron chi connectivity index (χ4n) is 10.1.